The Kier molecular flexibility index (Phi) is 3.96. The largest absolute Gasteiger partial charge is 0.341 e. The van der Waals surface area contributed by atoms with Gasteiger partial charge in [0, 0.05) is 36.4 Å². The highest BCUT2D eigenvalue weighted by Gasteiger charge is 2.16. The topological polar surface area (TPSA) is 38.1 Å². The first kappa shape index (κ1) is 13.5. The van der Waals surface area contributed by atoms with Crippen LogP contribution in [0.25, 0.3) is 10.9 Å². The third-order valence-corrected chi connectivity index (χ3v) is 4.64. The predicted octanol–water partition coefficient (Wildman–Crippen LogP) is 2.31. The van der Waals surface area contributed by atoms with Crippen molar-refractivity contribution in [2.75, 3.05) is 24.6 Å². The van der Waals surface area contributed by atoms with Crippen molar-refractivity contribution in [2.24, 2.45) is 0 Å². The van der Waals surface area contributed by atoms with Crippen LogP contribution in [0.2, 0.25) is 0 Å². The van der Waals surface area contributed by atoms with E-state index in [2.05, 4.69) is 30.2 Å². The molecule has 0 aliphatic carbocycles. The van der Waals surface area contributed by atoms with Crippen LogP contribution in [0.4, 0.5) is 0 Å². The molecule has 0 bridgehead atoms. The van der Waals surface area contributed by atoms with E-state index < -0.39 is 0 Å². The first-order valence-electron chi connectivity index (χ1n) is 7.02. The zero-order valence-electron chi connectivity index (χ0n) is 11.7. The maximum atomic E-state index is 12.2. The quantitative estimate of drug-likeness (QED) is 0.870. The van der Waals surface area contributed by atoms with Crippen molar-refractivity contribution in [2.45, 2.75) is 19.9 Å². The predicted molar refractivity (Wildman–Crippen MR) is 83.0 cm³/mol. The molecule has 0 atom stereocenters. The Labute approximate surface area is 123 Å². The molecule has 2 heterocycles. The van der Waals surface area contributed by atoms with Gasteiger partial charge in [-0.3, -0.25) is 9.48 Å². The molecule has 0 radical (unpaired) electrons. The number of aromatic nitrogens is 2. The number of amides is 1. The third kappa shape index (κ3) is 2.82. The molecule has 0 unspecified atom stereocenters. The van der Waals surface area contributed by atoms with E-state index in [-0.39, 0.29) is 5.91 Å². The molecule has 1 amide bonds. The molecule has 1 aliphatic heterocycles. The second-order valence-electron chi connectivity index (χ2n) is 5.17. The van der Waals surface area contributed by atoms with Gasteiger partial charge in [-0.1, -0.05) is 11.6 Å². The van der Waals surface area contributed by atoms with Crippen LogP contribution >= 0.6 is 11.8 Å². The molecule has 0 N–H and O–H groups in total. The summed E-state index contributed by atoms with van der Waals surface area (Å²) >= 11 is 1.92. The molecule has 4 nitrogen and oxygen atoms in total. The summed E-state index contributed by atoms with van der Waals surface area (Å²) in [7, 11) is 0. The minimum Gasteiger partial charge on any atom is -0.341 e. The van der Waals surface area contributed by atoms with Crippen LogP contribution in [0.15, 0.2) is 24.4 Å². The number of rotatable bonds is 3. The van der Waals surface area contributed by atoms with Crippen LogP contribution in [0.3, 0.4) is 0 Å². The van der Waals surface area contributed by atoms with Gasteiger partial charge in [0.2, 0.25) is 5.91 Å². The average molecular weight is 289 g/mol. The first-order chi connectivity index (χ1) is 9.74. The van der Waals surface area contributed by atoms with E-state index in [1.54, 1.807) is 0 Å². The van der Waals surface area contributed by atoms with Gasteiger partial charge in [-0.05, 0) is 19.1 Å². The number of fused-ring (bicyclic) bond motifs is 1. The zero-order valence-corrected chi connectivity index (χ0v) is 12.5. The summed E-state index contributed by atoms with van der Waals surface area (Å²) in [6.45, 7) is 4.52. The van der Waals surface area contributed by atoms with Gasteiger partial charge < -0.3 is 4.90 Å². The van der Waals surface area contributed by atoms with Gasteiger partial charge in [0.05, 0.1) is 18.3 Å². The van der Waals surface area contributed by atoms with E-state index in [4.69, 9.17) is 0 Å². The molecule has 106 valence electrons. The van der Waals surface area contributed by atoms with Crippen LogP contribution in [0.5, 0.6) is 0 Å². The van der Waals surface area contributed by atoms with Crippen molar-refractivity contribution in [3.63, 3.8) is 0 Å². The summed E-state index contributed by atoms with van der Waals surface area (Å²) < 4.78 is 1.94. The Balaban J connectivity index is 1.66. The van der Waals surface area contributed by atoms with E-state index in [0.29, 0.717) is 13.0 Å². The van der Waals surface area contributed by atoms with Gasteiger partial charge in [0.1, 0.15) is 0 Å². The van der Waals surface area contributed by atoms with Crippen molar-refractivity contribution < 1.29 is 4.79 Å². The summed E-state index contributed by atoms with van der Waals surface area (Å²) in [5.41, 5.74) is 2.34. The molecule has 1 saturated heterocycles. The minimum atomic E-state index is 0.251. The number of aryl methyl sites for hydroxylation is 2. The number of nitrogens with zero attached hydrogens (tertiary/aromatic N) is 3. The highest BCUT2D eigenvalue weighted by atomic mass is 32.2. The Hall–Kier alpha value is -1.49. The van der Waals surface area contributed by atoms with Crippen molar-refractivity contribution >= 4 is 28.6 Å². The lowest BCUT2D eigenvalue weighted by Gasteiger charge is -2.26. The monoisotopic (exact) mass is 289 g/mol. The summed E-state index contributed by atoms with van der Waals surface area (Å²) in [6, 6.07) is 6.30. The van der Waals surface area contributed by atoms with Gasteiger partial charge in [-0.15, -0.1) is 0 Å². The highest BCUT2D eigenvalue weighted by molar-refractivity contribution is 7.99. The first-order valence-corrected chi connectivity index (χ1v) is 8.17. The van der Waals surface area contributed by atoms with Crippen LogP contribution in [0.1, 0.15) is 12.0 Å². The molecule has 1 aromatic carbocycles. The lowest BCUT2D eigenvalue weighted by molar-refractivity contribution is -0.131. The van der Waals surface area contributed by atoms with E-state index in [1.807, 2.05) is 27.5 Å². The highest BCUT2D eigenvalue weighted by Crippen LogP contribution is 2.16. The summed E-state index contributed by atoms with van der Waals surface area (Å²) in [6.07, 6.45) is 2.42. The second kappa shape index (κ2) is 5.87. The number of hydrogen-bond donors (Lipinski definition) is 0. The fraction of sp³-hybridized carbons (Fsp3) is 0.467. The molecular formula is C15H19N3OS. The summed E-state index contributed by atoms with van der Waals surface area (Å²) in [5, 5.41) is 5.54. The standard InChI is InChI=1S/C15H19N3OS/c1-12-2-3-14-13(10-12)11-16-18(14)5-4-15(19)17-6-8-20-9-7-17/h2-3,10-11H,4-9H2,1H3. The molecule has 0 spiro atoms. The van der Waals surface area contributed by atoms with Crippen LogP contribution in [-0.2, 0) is 11.3 Å². The Bertz CT molecular complexity index is 617. The number of carbonyl (C=O) groups is 1. The van der Waals surface area contributed by atoms with Gasteiger partial charge in [0.15, 0.2) is 0 Å². The number of carbonyl (C=O) groups excluding carboxylic acids is 1. The fourth-order valence-corrected chi connectivity index (χ4v) is 3.46. The molecule has 3 rings (SSSR count). The zero-order chi connectivity index (χ0) is 13.9. The smallest absolute Gasteiger partial charge is 0.224 e. The minimum absolute atomic E-state index is 0.251. The third-order valence-electron chi connectivity index (χ3n) is 3.70. The lowest BCUT2D eigenvalue weighted by Crippen LogP contribution is -2.38. The molecule has 0 saturated carbocycles. The van der Waals surface area contributed by atoms with Crippen molar-refractivity contribution in [3.8, 4) is 0 Å². The Morgan fingerprint density at radius 3 is 2.95 bits per heavy atom. The SMILES string of the molecule is Cc1ccc2c(cnn2CCC(=O)N2CCSCC2)c1. The van der Waals surface area contributed by atoms with Crippen LogP contribution < -0.4 is 0 Å². The van der Waals surface area contributed by atoms with Crippen molar-refractivity contribution in [3.05, 3.63) is 30.0 Å². The van der Waals surface area contributed by atoms with E-state index >= 15 is 0 Å². The molecule has 1 aliphatic rings. The maximum Gasteiger partial charge on any atom is 0.224 e. The molecular weight excluding hydrogens is 270 g/mol. The van der Waals surface area contributed by atoms with E-state index in [0.717, 1.165) is 35.5 Å². The number of thioether (sulfide) groups is 1. The van der Waals surface area contributed by atoms with Crippen molar-refractivity contribution in [1.29, 1.82) is 0 Å². The molecule has 2 aromatic rings. The summed E-state index contributed by atoms with van der Waals surface area (Å²) in [5.74, 6) is 2.38. The van der Waals surface area contributed by atoms with Crippen LogP contribution in [0, 0.1) is 6.92 Å². The van der Waals surface area contributed by atoms with Crippen LogP contribution in [-0.4, -0.2) is 45.2 Å². The molecule has 5 heteroatoms. The fourth-order valence-electron chi connectivity index (χ4n) is 2.56. The average Bonchev–Trinajstić information content (AvgIpc) is 2.88. The number of hydrogen-bond acceptors (Lipinski definition) is 3. The normalized spacial score (nSPS) is 15.8. The molecule has 1 aromatic heterocycles. The van der Waals surface area contributed by atoms with Gasteiger partial charge in [-0.25, -0.2) is 0 Å². The lowest BCUT2D eigenvalue weighted by atomic mass is 10.2. The number of benzene rings is 1. The van der Waals surface area contributed by atoms with E-state index in [1.165, 1.54) is 5.56 Å². The molecule has 20 heavy (non-hydrogen) atoms. The Morgan fingerprint density at radius 1 is 1.35 bits per heavy atom. The molecule has 1 fully saturated rings. The van der Waals surface area contributed by atoms with Gasteiger partial charge >= 0.3 is 0 Å². The van der Waals surface area contributed by atoms with Gasteiger partial charge in [0.25, 0.3) is 0 Å². The van der Waals surface area contributed by atoms with E-state index in [9.17, 15) is 4.79 Å². The summed E-state index contributed by atoms with van der Waals surface area (Å²) in [4.78, 5) is 14.1. The Morgan fingerprint density at radius 2 is 2.15 bits per heavy atom. The van der Waals surface area contributed by atoms with Crippen molar-refractivity contribution in [1.82, 2.24) is 14.7 Å². The van der Waals surface area contributed by atoms with Gasteiger partial charge in [-0.2, -0.15) is 16.9 Å². The maximum absolute atomic E-state index is 12.2. The second-order valence-corrected chi connectivity index (χ2v) is 6.40.